The molecule has 2 atom stereocenters. The van der Waals surface area contributed by atoms with Crippen LogP contribution in [0.4, 0.5) is 0 Å². The Labute approximate surface area is 77.5 Å². The van der Waals surface area contributed by atoms with E-state index in [4.69, 9.17) is 6.42 Å². The molecule has 10 heavy (non-hydrogen) atoms. The monoisotopic (exact) mass is 320 g/mol. The molecule has 0 heterocycles. The van der Waals surface area contributed by atoms with E-state index in [9.17, 15) is 5.11 Å². The van der Waals surface area contributed by atoms with Gasteiger partial charge in [-0.05, 0) is 13.3 Å². The maximum atomic E-state index is 9.22. The van der Waals surface area contributed by atoms with E-state index in [0.29, 0.717) is 6.42 Å². The summed E-state index contributed by atoms with van der Waals surface area (Å²) in [5.74, 6) is 2.49. The summed E-state index contributed by atoms with van der Waals surface area (Å²) in [5, 5.41) is 9.22. The van der Waals surface area contributed by atoms with Gasteiger partial charge >= 0.3 is 0 Å². The Kier molecular flexibility index (Phi) is 6.34. The predicted molar refractivity (Wildman–Crippen MR) is 38.6 cm³/mol. The van der Waals surface area contributed by atoms with E-state index in [1.54, 1.807) is 6.92 Å². The molecule has 0 saturated carbocycles. The van der Waals surface area contributed by atoms with Gasteiger partial charge in [-0.2, -0.15) is 5.92 Å². The molecule has 62 valence electrons. The fourth-order valence-corrected chi connectivity index (χ4v) is 0.737. The Morgan fingerprint density at radius 1 is 1.80 bits per heavy atom. The third-order valence-corrected chi connectivity index (χ3v) is 1.06. The normalized spacial score (nSPS) is 17.9. The summed E-state index contributed by atoms with van der Waals surface area (Å²) in [7, 11) is 0. The summed E-state index contributed by atoms with van der Waals surface area (Å²) in [4.78, 5) is 0. The summed E-state index contributed by atoms with van der Waals surface area (Å²) in [5.41, 5.74) is -0.971. The van der Waals surface area contributed by atoms with Crippen LogP contribution in [0, 0.1) is 25.2 Å². The molecule has 0 spiro atoms. The first-order valence-corrected chi connectivity index (χ1v) is 3.01. The molecule has 1 nitrogen and oxygen atoms in total. The largest absolute Gasteiger partial charge is 0.378 e. The van der Waals surface area contributed by atoms with Crippen molar-refractivity contribution in [2.75, 3.05) is 0 Å². The second-order valence-electron chi connectivity index (χ2n) is 2.73. The number of hydrogen-bond acceptors (Lipinski definition) is 1. The smallest absolute Gasteiger partial charge is 0.120 e. The fourth-order valence-electron chi connectivity index (χ4n) is 0.737. The fraction of sp³-hybridized carbons (Fsp3) is 0.625. The minimum absolute atomic E-state index is 0. The minimum Gasteiger partial charge on any atom is -0.378 e. The zero-order chi connectivity index (χ0) is 7.49. The van der Waals surface area contributed by atoms with Gasteiger partial charge < -0.3 is 12.0 Å². The van der Waals surface area contributed by atoms with E-state index in [0.717, 1.165) is 0 Å². The van der Waals surface area contributed by atoms with Crippen molar-refractivity contribution >= 4 is 0 Å². The quantitative estimate of drug-likeness (QED) is 0.599. The molecule has 0 fully saturated rings. The SMILES string of the molecule is C#CC(C)(O)CC([CH2-])C.[Pt]. The van der Waals surface area contributed by atoms with Crippen molar-refractivity contribution in [1.82, 2.24) is 0 Å². The molecular formula is C8H13OPt-. The van der Waals surface area contributed by atoms with Crippen molar-refractivity contribution in [2.24, 2.45) is 5.92 Å². The van der Waals surface area contributed by atoms with Gasteiger partial charge in [-0.1, -0.05) is 12.8 Å². The van der Waals surface area contributed by atoms with Gasteiger partial charge in [-0.3, -0.25) is 0 Å². The molecule has 1 N–H and O–H groups in total. The molecule has 0 aromatic heterocycles. The third kappa shape index (κ3) is 6.33. The van der Waals surface area contributed by atoms with Crippen LogP contribution in [-0.4, -0.2) is 10.7 Å². The number of aliphatic hydroxyl groups is 1. The van der Waals surface area contributed by atoms with E-state index in [1.165, 1.54) is 0 Å². The Hall–Kier alpha value is 0.208. The van der Waals surface area contributed by atoms with E-state index in [-0.39, 0.29) is 27.0 Å². The van der Waals surface area contributed by atoms with Crippen molar-refractivity contribution in [3.05, 3.63) is 6.92 Å². The Morgan fingerprint density at radius 2 is 2.20 bits per heavy atom. The van der Waals surface area contributed by atoms with Gasteiger partial charge in [0.05, 0.1) is 0 Å². The average Bonchev–Trinajstić information content (AvgIpc) is 1.63. The zero-order valence-corrected chi connectivity index (χ0v) is 8.60. The molecule has 0 aliphatic carbocycles. The van der Waals surface area contributed by atoms with Crippen LogP contribution in [0.2, 0.25) is 0 Å². The van der Waals surface area contributed by atoms with Crippen molar-refractivity contribution in [1.29, 1.82) is 0 Å². The molecule has 0 radical (unpaired) electrons. The van der Waals surface area contributed by atoms with Crippen LogP contribution < -0.4 is 0 Å². The van der Waals surface area contributed by atoms with Crippen molar-refractivity contribution in [3.8, 4) is 12.3 Å². The van der Waals surface area contributed by atoms with Crippen molar-refractivity contribution in [3.63, 3.8) is 0 Å². The van der Waals surface area contributed by atoms with Gasteiger partial charge in [0.25, 0.3) is 0 Å². The summed E-state index contributed by atoms with van der Waals surface area (Å²) < 4.78 is 0. The first kappa shape index (κ1) is 12.8. The van der Waals surface area contributed by atoms with Crippen LogP contribution in [-0.2, 0) is 21.1 Å². The molecule has 0 aromatic rings. The molecule has 2 unspecified atom stereocenters. The maximum absolute atomic E-state index is 9.22. The second-order valence-corrected chi connectivity index (χ2v) is 2.73. The van der Waals surface area contributed by atoms with Crippen LogP contribution in [0.25, 0.3) is 0 Å². The van der Waals surface area contributed by atoms with Gasteiger partial charge in [0.2, 0.25) is 0 Å². The minimum atomic E-state index is -0.971. The van der Waals surface area contributed by atoms with E-state index in [2.05, 4.69) is 12.8 Å². The summed E-state index contributed by atoms with van der Waals surface area (Å²) >= 11 is 0. The van der Waals surface area contributed by atoms with E-state index >= 15 is 0 Å². The van der Waals surface area contributed by atoms with Crippen molar-refractivity contribution in [2.45, 2.75) is 25.9 Å². The zero-order valence-electron chi connectivity index (χ0n) is 6.33. The van der Waals surface area contributed by atoms with Crippen LogP contribution >= 0.6 is 0 Å². The topological polar surface area (TPSA) is 20.2 Å². The molecule has 0 aliphatic heterocycles. The summed E-state index contributed by atoms with van der Waals surface area (Å²) in [6, 6.07) is 0. The van der Waals surface area contributed by atoms with Crippen LogP contribution in [0.15, 0.2) is 0 Å². The first-order chi connectivity index (χ1) is 3.98. The molecule has 0 rings (SSSR count). The molecule has 0 aliphatic rings. The number of terminal acetylenes is 1. The van der Waals surface area contributed by atoms with Gasteiger partial charge in [0.1, 0.15) is 5.60 Å². The summed E-state index contributed by atoms with van der Waals surface area (Å²) in [6.45, 7) is 7.26. The standard InChI is InChI=1S/C8H13O.Pt/c1-5-8(4,9)6-7(2)3;/h1,7,9H,2,6H2,3-4H3;/q-1;. The van der Waals surface area contributed by atoms with Gasteiger partial charge in [-0.15, -0.1) is 6.42 Å². The van der Waals surface area contributed by atoms with Gasteiger partial charge in [-0.25, -0.2) is 0 Å². The van der Waals surface area contributed by atoms with Gasteiger partial charge in [0, 0.05) is 21.1 Å². The first-order valence-electron chi connectivity index (χ1n) is 3.01. The molecule has 0 amide bonds. The van der Waals surface area contributed by atoms with E-state index < -0.39 is 5.60 Å². The Balaban J connectivity index is 0. The van der Waals surface area contributed by atoms with Crippen molar-refractivity contribution < 1.29 is 26.2 Å². The number of hydrogen-bond donors (Lipinski definition) is 1. The molecule has 0 saturated heterocycles. The maximum Gasteiger partial charge on any atom is 0.120 e. The average molecular weight is 320 g/mol. The number of rotatable bonds is 2. The second kappa shape index (κ2) is 4.94. The third-order valence-electron chi connectivity index (χ3n) is 1.06. The van der Waals surface area contributed by atoms with Crippen LogP contribution in [0.1, 0.15) is 20.3 Å². The van der Waals surface area contributed by atoms with Crippen LogP contribution in [0.5, 0.6) is 0 Å². The summed E-state index contributed by atoms with van der Waals surface area (Å²) in [6.07, 6.45) is 5.59. The molecule has 0 aromatic carbocycles. The molecule has 2 heteroatoms. The van der Waals surface area contributed by atoms with Crippen LogP contribution in [0.3, 0.4) is 0 Å². The predicted octanol–water partition coefficient (Wildman–Crippen LogP) is 1.23. The van der Waals surface area contributed by atoms with Gasteiger partial charge in [0.15, 0.2) is 0 Å². The molecule has 0 bridgehead atoms. The molecular weight excluding hydrogens is 307 g/mol. The van der Waals surface area contributed by atoms with E-state index in [1.807, 2.05) is 6.92 Å². The Bertz CT molecular complexity index is 122. The Morgan fingerprint density at radius 3 is 2.30 bits per heavy atom.